The second-order valence-corrected chi connectivity index (χ2v) is 12.1. The molecular weight excluding hydrogens is 569 g/mol. The van der Waals surface area contributed by atoms with Crippen LogP contribution in [0.4, 0.5) is 0 Å². The van der Waals surface area contributed by atoms with E-state index in [1.165, 1.54) is 77.1 Å². The van der Waals surface area contributed by atoms with Crippen molar-refractivity contribution in [2.45, 2.75) is 0 Å². The quantitative estimate of drug-likeness (QED) is 0.193. The lowest BCUT2D eigenvalue weighted by Crippen LogP contribution is -1.94. The van der Waals surface area contributed by atoms with E-state index in [2.05, 4.69) is 179 Å². The first-order valence-corrected chi connectivity index (χ1v) is 16.0. The second kappa shape index (κ2) is 11.3. The third kappa shape index (κ3) is 4.79. The van der Waals surface area contributed by atoms with Crippen LogP contribution in [-0.2, 0) is 0 Å². The zero-order valence-corrected chi connectivity index (χ0v) is 25.7. The van der Waals surface area contributed by atoms with Crippen molar-refractivity contribution >= 4 is 32.6 Å². The lowest BCUT2D eigenvalue weighted by molar-refractivity contribution is 1.19. The maximum Gasteiger partial charge on any atom is 0.0619 e. The van der Waals surface area contributed by atoms with Crippen molar-refractivity contribution in [1.82, 2.24) is 9.55 Å². The van der Waals surface area contributed by atoms with E-state index >= 15 is 0 Å². The third-order valence-corrected chi connectivity index (χ3v) is 9.27. The first-order valence-electron chi connectivity index (χ1n) is 16.0. The van der Waals surface area contributed by atoms with Crippen LogP contribution in [0.2, 0.25) is 0 Å². The average Bonchev–Trinajstić information content (AvgIpc) is 3.50. The van der Waals surface area contributed by atoms with Gasteiger partial charge in [0.15, 0.2) is 0 Å². The highest BCUT2D eigenvalue weighted by atomic mass is 15.0. The first kappa shape index (κ1) is 27.1. The molecule has 0 amide bonds. The fourth-order valence-electron chi connectivity index (χ4n) is 6.97. The second-order valence-electron chi connectivity index (χ2n) is 12.1. The molecule has 0 aliphatic rings. The fraction of sp³-hybridized carbons (Fsp3) is 0. The van der Waals surface area contributed by atoms with E-state index in [4.69, 9.17) is 0 Å². The molecule has 7 aromatic carbocycles. The Morgan fingerprint density at radius 3 is 1.53 bits per heavy atom. The molecule has 9 rings (SSSR count). The number of nitrogens with zero attached hydrogens (tertiary/aromatic N) is 2. The topological polar surface area (TPSA) is 17.8 Å². The van der Waals surface area contributed by atoms with Crippen LogP contribution in [0, 0.1) is 0 Å². The van der Waals surface area contributed by atoms with Crippen LogP contribution in [0.25, 0.3) is 82.8 Å². The zero-order valence-electron chi connectivity index (χ0n) is 25.7. The molecule has 2 nitrogen and oxygen atoms in total. The van der Waals surface area contributed by atoms with Gasteiger partial charge in [-0.2, -0.15) is 0 Å². The summed E-state index contributed by atoms with van der Waals surface area (Å²) in [5, 5.41) is 4.97. The smallest absolute Gasteiger partial charge is 0.0619 e. The summed E-state index contributed by atoms with van der Waals surface area (Å²) in [5.74, 6) is 0. The third-order valence-electron chi connectivity index (χ3n) is 9.27. The molecule has 0 N–H and O–H groups in total. The molecule has 0 aliphatic carbocycles. The Bertz CT molecular complexity index is 2550. The molecule has 2 heteroatoms. The highest BCUT2D eigenvalue weighted by Crippen LogP contribution is 2.40. The number of hydrogen-bond acceptors (Lipinski definition) is 1. The minimum absolute atomic E-state index is 1.16. The Morgan fingerprint density at radius 1 is 0.340 bits per heavy atom. The molecule has 0 aliphatic heterocycles. The monoisotopic (exact) mass is 598 g/mol. The van der Waals surface area contributed by atoms with Crippen LogP contribution in [-0.4, -0.2) is 9.55 Å². The Balaban J connectivity index is 1.23. The summed E-state index contributed by atoms with van der Waals surface area (Å²) in [7, 11) is 0. The maximum absolute atomic E-state index is 4.19. The van der Waals surface area contributed by atoms with Gasteiger partial charge in [-0.05, 0) is 98.4 Å². The van der Waals surface area contributed by atoms with Crippen molar-refractivity contribution in [1.29, 1.82) is 0 Å². The van der Waals surface area contributed by atoms with Gasteiger partial charge in [0.05, 0.1) is 11.0 Å². The Labute approximate surface area is 273 Å². The van der Waals surface area contributed by atoms with Crippen LogP contribution in [0.5, 0.6) is 0 Å². The van der Waals surface area contributed by atoms with Gasteiger partial charge in [0.2, 0.25) is 0 Å². The number of rotatable bonds is 5. The Morgan fingerprint density at radius 2 is 0.851 bits per heavy atom. The summed E-state index contributed by atoms with van der Waals surface area (Å²) in [6, 6.07) is 61.5. The fourth-order valence-corrected chi connectivity index (χ4v) is 6.97. The van der Waals surface area contributed by atoms with Crippen molar-refractivity contribution in [2.24, 2.45) is 0 Å². The predicted molar refractivity (Wildman–Crippen MR) is 198 cm³/mol. The standard InChI is InChI=1S/C45H30N2/c1-3-9-31(10-4-1)33-11-7-14-36(27-33)38-18-21-42-43-22-19-39-29-37(35-13-8-12-34(28-35)32-23-25-46-26-24-32)17-20-41(39)45(43)47(44(42)30-38)40-15-5-2-6-16-40/h1-30H. The molecule has 220 valence electrons. The van der Waals surface area contributed by atoms with E-state index < -0.39 is 0 Å². The molecule has 0 fully saturated rings. The summed E-state index contributed by atoms with van der Waals surface area (Å²) >= 11 is 0. The van der Waals surface area contributed by atoms with Gasteiger partial charge >= 0.3 is 0 Å². The van der Waals surface area contributed by atoms with Crippen LogP contribution in [0.3, 0.4) is 0 Å². The van der Waals surface area contributed by atoms with Crippen LogP contribution < -0.4 is 0 Å². The van der Waals surface area contributed by atoms with Gasteiger partial charge in [0, 0.05) is 34.2 Å². The molecule has 2 heterocycles. The molecule has 0 spiro atoms. The molecule has 47 heavy (non-hydrogen) atoms. The van der Waals surface area contributed by atoms with Crippen molar-refractivity contribution in [2.75, 3.05) is 0 Å². The molecule has 0 radical (unpaired) electrons. The molecule has 2 aromatic heterocycles. The van der Waals surface area contributed by atoms with Gasteiger partial charge in [0.25, 0.3) is 0 Å². The number of hydrogen-bond donors (Lipinski definition) is 0. The summed E-state index contributed by atoms with van der Waals surface area (Å²) < 4.78 is 2.45. The normalized spacial score (nSPS) is 11.4. The number of benzene rings is 7. The van der Waals surface area contributed by atoms with Gasteiger partial charge in [-0.3, -0.25) is 4.98 Å². The van der Waals surface area contributed by atoms with E-state index in [1.54, 1.807) is 0 Å². The summed E-state index contributed by atoms with van der Waals surface area (Å²) in [5.41, 5.74) is 13.2. The van der Waals surface area contributed by atoms with E-state index in [1.807, 2.05) is 12.4 Å². The zero-order chi connectivity index (χ0) is 31.2. The number of pyridine rings is 1. The van der Waals surface area contributed by atoms with Crippen LogP contribution in [0.15, 0.2) is 182 Å². The van der Waals surface area contributed by atoms with Crippen molar-refractivity contribution in [3.8, 4) is 50.2 Å². The molecule has 0 atom stereocenters. The summed E-state index contributed by atoms with van der Waals surface area (Å²) in [6.45, 7) is 0. The van der Waals surface area contributed by atoms with Crippen LogP contribution in [0.1, 0.15) is 0 Å². The average molecular weight is 599 g/mol. The lowest BCUT2D eigenvalue weighted by atomic mass is 9.96. The summed E-state index contributed by atoms with van der Waals surface area (Å²) in [4.78, 5) is 4.19. The summed E-state index contributed by atoms with van der Waals surface area (Å²) in [6.07, 6.45) is 3.69. The largest absolute Gasteiger partial charge is 0.309 e. The van der Waals surface area contributed by atoms with Gasteiger partial charge in [-0.15, -0.1) is 0 Å². The molecular formula is C45H30N2. The molecule has 0 saturated heterocycles. The highest BCUT2D eigenvalue weighted by Gasteiger charge is 2.17. The van der Waals surface area contributed by atoms with Gasteiger partial charge < -0.3 is 4.57 Å². The van der Waals surface area contributed by atoms with E-state index in [0.29, 0.717) is 0 Å². The lowest BCUT2D eigenvalue weighted by Gasteiger charge is -2.12. The maximum atomic E-state index is 4.19. The Hall–Kier alpha value is -6.25. The SMILES string of the molecule is c1ccc(-c2cccc(-c3ccc4c5ccc6cc(-c7cccc(-c8ccncc8)c7)ccc6c5n(-c5ccccc5)c4c3)c2)cc1. The van der Waals surface area contributed by atoms with Gasteiger partial charge in [-0.1, -0.05) is 121 Å². The molecule has 0 unspecified atom stereocenters. The van der Waals surface area contributed by atoms with Gasteiger partial charge in [-0.25, -0.2) is 0 Å². The van der Waals surface area contributed by atoms with E-state index in [9.17, 15) is 0 Å². The minimum Gasteiger partial charge on any atom is -0.309 e. The van der Waals surface area contributed by atoms with Gasteiger partial charge in [0.1, 0.15) is 0 Å². The van der Waals surface area contributed by atoms with Crippen molar-refractivity contribution in [3.63, 3.8) is 0 Å². The highest BCUT2D eigenvalue weighted by molar-refractivity contribution is 6.19. The van der Waals surface area contributed by atoms with E-state index in [-0.39, 0.29) is 0 Å². The molecule has 0 bridgehead atoms. The molecule has 0 saturated carbocycles. The number of fused-ring (bicyclic) bond motifs is 5. The number of para-hydroxylation sites is 1. The molecule has 9 aromatic rings. The Kier molecular flexibility index (Phi) is 6.50. The van der Waals surface area contributed by atoms with Crippen molar-refractivity contribution in [3.05, 3.63) is 182 Å². The van der Waals surface area contributed by atoms with Crippen LogP contribution >= 0.6 is 0 Å². The van der Waals surface area contributed by atoms with E-state index in [0.717, 1.165) is 5.69 Å². The minimum atomic E-state index is 1.16. The predicted octanol–water partition coefficient (Wildman–Crippen LogP) is 12.0. The number of aromatic nitrogens is 2. The first-order chi connectivity index (χ1) is 23.3. The van der Waals surface area contributed by atoms with Crippen molar-refractivity contribution < 1.29 is 0 Å².